The van der Waals surface area contributed by atoms with Crippen molar-refractivity contribution in [2.45, 2.75) is 13.3 Å². The van der Waals surface area contributed by atoms with Gasteiger partial charge in [-0.3, -0.25) is 0 Å². The Morgan fingerprint density at radius 2 is 1.82 bits per heavy atom. The van der Waals surface area contributed by atoms with E-state index < -0.39 is 5.97 Å². The second kappa shape index (κ2) is 10.7. The highest BCUT2D eigenvalue weighted by Crippen LogP contribution is 2.37. The van der Waals surface area contributed by atoms with E-state index >= 15 is 0 Å². The van der Waals surface area contributed by atoms with Gasteiger partial charge in [0.1, 0.15) is 0 Å². The van der Waals surface area contributed by atoms with Crippen LogP contribution in [0.5, 0.6) is 11.5 Å². The van der Waals surface area contributed by atoms with Gasteiger partial charge < -0.3 is 14.2 Å². The van der Waals surface area contributed by atoms with Crippen LogP contribution in [-0.4, -0.2) is 25.1 Å². The van der Waals surface area contributed by atoms with Crippen molar-refractivity contribution >= 4 is 45.5 Å². The second-order valence-corrected chi connectivity index (χ2v) is 8.51. The van der Waals surface area contributed by atoms with Gasteiger partial charge in [-0.15, -0.1) is 0 Å². The van der Waals surface area contributed by atoms with E-state index in [0.29, 0.717) is 40.9 Å². The van der Waals surface area contributed by atoms with Crippen molar-refractivity contribution < 1.29 is 19.0 Å². The second-order valence-electron chi connectivity index (χ2n) is 7.19. The van der Waals surface area contributed by atoms with E-state index in [0.717, 1.165) is 10.9 Å². The van der Waals surface area contributed by atoms with Crippen LogP contribution in [0.15, 0.2) is 81.9 Å². The third-order valence-corrected chi connectivity index (χ3v) is 5.64. The van der Waals surface area contributed by atoms with Crippen LogP contribution in [0.2, 0.25) is 5.02 Å². The van der Waals surface area contributed by atoms with E-state index in [1.165, 1.54) is 5.56 Å². The zero-order valence-electron chi connectivity index (χ0n) is 17.9. The number of ether oxygens (including phenoxy) is 3. The average Bonchev–Trinajstić information content (AvgIpc) is 3.17. The normalized spacial score (nSPS) is 14.2. The average molecular weight is 527 g/mol. The Bertz CT molecular complexity index is 1210. The summed E-state index contributed by atoms with van der Waals surface area (Å²) in [5.74, 6) is 0.721. The summed E-state index contributed by atoms with van der Waals surface area (Å²) in [5, 5.41) is 0.393. The van der Waals surface area contributed by atoms with Crippen molar-refractivity contribution in [3.8, 4) is 11.5 Å². The van der Waals surface area contributed by atoms with Crippen LogP contribution in [0.3, 0.4) is 0 Å². The zero-order valence-corrected chi connectivity index (χ0v) is 20.2. The van der Waals surface area contributed by atoms with E-state index in [1.54, 1.807) is 18.2 Å². The Kier molecular flexibility index (Phi) is 7.47. The van der Waals surface area contributed by atoms with E-state index in [1.807, 2.05) is 61.5 Å². The molecule has 5 nitrogen and oxygen atoms in total. The molecule has 1 heterocycles. The van der Waals surface area contributed by atoms with Crippen LogP contribution in [-0.2, 0) is 16.0 Å². The molecule has 0 radical (unpaired) electrons. The Hall–Kier alpha value is -3.09. The fourth-order valence-corrected chi connectivity index (χ4v) is 3.81. The molecule has 1 aliphatic heterocycles. The lowest BCUT2D eigenvalue weighted by Gasteiger charge is -2.14. The molecule has 0 bridgehead atoms. The van der Waals surface area contributed by atoms with E-state index in [4.69, 9.17) is 25.8 Å². The summed E-state index contributed by atoms with van der Waals surface area (Å²) < 4.78 is 18.0. The molecule has 0 amide bonds. The highest BCUT2D eigenvalue weighted by Gasteiger charge is 2.24. The van der Waals surface area contributed by atoms with Crippen molar-refractivity contribution in [3.63, 3.8) is 0 Å². The van der Waals surface area contributed by atoms with Crippen LogP contribution in [0.25, 0.3) is 6.08 Å². The maximum atomic E-state index is 12.4. The highest BCUT2D eigenvalue weighted by molar-refractivity contribution is 9.10. The Morgan fingerprint density at radius 3 is 2.55 bits per heavy atom. The van der Waals surface area contributed by atoms with Crippen molar-refractivity contribution in [3.05, 3.63) is 98.6 Å². The first-order chi connectivity index (χ1) is 16.0. The van der Waals surface area contributed by atoms with Gasteiger partial charge in [-0.05, 0) is 60.5 Å². The molecule has 0 spiro atoms. The van der Waals surface area contributed by atoms with Crippen LogP contribution >= 0.6 is 27.5 Å². The molecular weight excluding hydrogens is 506 g/mol. The minimum absolute atomic E-state index is 0.184. The first kappa shape index (κ1) is 23.1. The Morgan fingerprint density at radius 1 is 1.06 bits per heavy atom. The minimum Gasteiger partial charge on any atom is -0.490 e. The van der Waals surface area contributed by atoms with Gasteiger partial charge in [0.15, 0.2) is 17.2 Å². The van der Waals surface area contributed by atoms with Crippen molar-refractivity contribution in [1.29, 1.82) is 0 Å². The fourth-order valence-electron chi connectivity index (χ4n) is 3.27. The molecule has 168 valence electrons. The quantitative estimate of drug-likeness (QED) is 0.249. The van der Waals surface area contributed by atoms with Gasteiger partial charge in [0.2, 0.25) is 5.90 Å². The fraction of sp³-hybridized carbons (Fsp3) is 0.154. The summed E-state index contributed by atoms with van der Waals surface area (Å²) in [6.07, 6.45) is 2.37. The number of hydrogen-bond acceptors (Lipinski definition) is 5. The van der Waals surface area contributed by atoms with Gasteiger partial charge in [-0.25, -0.2) is 9.79 Å². The maximum Gasteiger partial charge on any atom is 0.363 e. The molecule has 0 saturated carbocycles. The van der Waals surface area contributed by atoms with Gasteiger partial charge in [0.05, 0.1) is 18.2 Å². The van der Waals surface area contributed by atoms with Crippen LogP contribution in [0.1, 0.15) is 23.6 Å². The van der Waals surface area contributed by atoms with Crippen LogP contribution < -0.4 is 9.47 Å². The molecule has 0 saturated heterocycles. The summed E-state index contributed by atoms with van der Waals surface area (Å²) in [6.45, 7) is 2.78. The van der Waals surface area contributed by atoms with Crippen molar-refractivity contribution in [2.24, 2.45) is 4.99 Å². The standard InChI is InChI=1S/C26H21BrClNO4/c1-2-31-23-16-18(14-21(28)24(23)32-13-12-17-6-4-3-5-7-17)15-22-26(30)33-25(29-22)19-8-10-20(27)11-9-19/h3-11,14-16H,2,12-13H2,1H3/b22-15-. The lowest BCUT2D eigenvalue weighted by atomic mass is 10.1. The number of hydrogen-bond donors (Lipinski definition) is 0. The molecule has 4 rings (SSSR count). The van der Waals surface area contributed by atoms with E-state index in [-0.39, 0.29) is 11.6 Å². The molecule has 0 unspecified atom stereocenters. The number of esters is 1. The predicted molar refractivity (Wildman–Crippen MR) is 133 cm³/mol. The molecule has 0 aliphatic carbocycles. The summed E-state index contributed by atoms with van der Waals surface area (Å²) in [7, 11) is 0. The molecular formula is C26H21BrClNO4. The number of halogens is 2. The number of cyclic esters (lactones) is 1. The minimum atomic E-state index is -0.523. The van der Waals surface area contributed by atoms with E-state index in [9.17, 15) is 4.79 Å². The molecule has 0 aromatic heterocycles. The molecule has 7 heteroatoms. The van der Waals surface area contributed by atoms with Crippen molar-refractivity contribution in [1.82, 2.24) is 0 Å². The van der Waals surface area contributed by atoms with E-state index in [2.05, 4.69) is 20.9 Å². The first-order valence-electron chi connectivity index (χ1n) is 10.4. The summed E-state index contributed by atoms with van der Waals surface area (Å²) >= 11 is 9.91. The third-order valence-electron chi connectivity index (χ3n) is 4.83. The zero-order chi connectivity index (χ0) is 23.2. The predicted octanol–water partition coefficient (Wildman–Crippen LogP) is 6.47. The van der Waals surface area contributed by atoms with Crippen LogP contribution in [0, 0.1) is 0 Å². The van der Waals surface area contributed by atoms with Gasteiger partial charge >= 0.3 is 5.97 Å². The third kappa shape index (κ3) is 5.83. The topological polar surface area (TPSA) is 57.1 Å². The monoisotopic (exact) mass is 525 g/mol. The largest absolute Gasteiger partial charge is 0.490 e. The van der Waals surface area contributed by atoms with Gasteiger partial charge in [0.25, 0.3) is 0 Å². The lowest BCUT2D eigenvalue weighted by Crippen LogP contribution is -2.05. The Labute approximate surface area is 205 Å². The number of carbonyl (C=O) groups is 1. The first-order valence-corrected chi connectivity index (χ1v) is 11.6. The number of nitrogens with zero attached hydrogens (tertiary/aromatic N) is 1. The van der Waals surface area contributed by atoms with Gasteiger partial charge in [0, 0.05) is 16.5 Å². The molecule has 0 atom stereocenters. The molecule has 1 aliphatic rings. The summed E-state index contributed by atoms with van der Waals surface area (Å²) in [6, 6.07) is 20.9. The lowest BCUT2D eigenvalue weighted by molar-refractivity contribution is -0.129. The molecule has 33 heavy (non-hydrogen) atoms. The number of benzene rings is 3. The summed E-state index contributed by atoms with van der Waals surface area (Å²) in [4.78, 5) is 16.7. The molecule has 3 aromatic carbocycles. The Balaban J connectivity index is 1.55. The highest BCUT2D eigenvalue weighted by atomic mass is 79.9. The molecule has 0 fully saturated rings. The summed E-state index contributed by atoms with van der Waals surface area (Å²) in [5.41, 5.74) is 2.73. The number of rotatable bonds is 8. The number of carbonyl (C=O) groups excluding carboxylic acids is 1. The number of aliphatic imine (C=N–C) groups is 1. The molecule has 0 N–H and O–H groups in total. The molecule has 3 aromatic rings. The van der Waals surface area contributed by atoms with Crippen molar-refractivity contribution in [2.75, 3.05) is 13.2 Å². The SMILES string of the molecule is CCOc1cc(/C=C2\N=C(c3ccc(Br)cc3)OC2=O)cc(Cl)c1OCCc1ccccc1. The van der Waals surface area contributed by atoms with Crippen LogP contribution in [0.4, 0.5) is 0 Å². The maximum absolute atomic E-state index is 12.4. The van der Waals surface area contributed by atoms with Gasteiger partial charge in [-0.2, -0.15) is 0 Å². The smallest absolute Gasteiger partial charge is 0.363 e. The van der Waals surface area contributed by atoms with Gasteiger partial charge in [-0.1, -0.05) is 57.9 Å².